The summed E-state index contributed by atoms with van der Waals surface area (Å²) in [5.41, 5.74) is 27.1. The molecule has 0 radical (unpaired) electrons. The molecule has 0 aliphatic heterocycles. The van der Waals surface area contributed by atoms with E-state index in [1.54, 1.807) is 86.6 Å². The minimum Gasteiger partial charge on any atom is -0.492 e. The minimum atomic E-state index is -2.03. The van der Waals surface area contributed by atoms with Gasteiger partial charge in [0.25, 0.3) is 0 Å². The van der Waals surface area contributed by atoms with Crippen LogP contribution in [0, 0.1) is 5.92 Å². The van der Waals surface area contributed by atoms with Crippen molar-refractivity contribution in [2.75, 3.05) is 19.7 Å². The summed E-state index contributed by atoms with van der Waals surface area (Å²) in [6, 6.07) is 6.47. The molecule has 0 saturated heterocycles. The number of aromatic amines is 1. The monoisotopic (exact) mass is 1830 g/mol. The Morgan fingerprint density at radius 2 is 0.884 bits per heavy atom. The molecule has 0 unspecified atom stereocenters. The van der Waals surface area contributed by atoms with E-state index in [2.05, 4.69) is 92.0 Å². The Balaban J connectivity index is 1.59. The Morgan fingerprint density at radius 1 is 0.434 bits per heavy atom. The SMILES string of the molecule is CC(=O)NCCCC[C@H](NC(=O)[C@](C)(CC(C)C)NC(=O)[C@H](Cc1ccc2ccccc2c1)NC(=O)[C@H](Cc1ccc(OCCNC(C)=O)cc1)NC(=O)[C@@H](NC(=O)[C@H](CCC(N)=O)NC(=O)[C@H](Cc1c[nH]c2ccccc12)NC(=O)[C@@H](NC(=O)[C@H](CCC(N)=O)NC(=O)[C@@H](NC(C)=O)C(C)(C)S)[C@@H](C)O)C(C)(C)S)C(=O)N[C@@H](CC(N)=O)C(=O)N[C@@H](CC(N)=O)C(N)=O. The third-order valence-electron chi connectivity index (χ3n) is 20.4. The van der Waals surface area contributed by atoms with Crippen LogP contribution in [0.5, 0.6) is 5.75 Å². The number of aliphatic hydroxyl groups is 1. The Hall–Kier alpha value is -12.9. The average molecular weight is 1840 g/mol. The summed E-state index contributed by atoms with van der Waals surface area (Å²) in [6.45, 7) is 15.8. The molecule has 4 aromatic carbocycles. The first-order valence-electron chi connectivity index (χ1n) is 41.8. The molecule has 13 atom stereocenters. The van der Waals surface area contributed by atoms with Crippen LogP contribution in [-0.2, 0) is 110 Å². The lowest BCUT2D eigenvalue weighted by Gasteiger charge is -2.35. The largest absolute Gasteiger partial charge is 0.492 e. The molecule has 43 heteroatoms. The summed E-state index contributed by atoms with van der Waals surface area (Å²) in [5.74, 6) is -18.7. The zero-order valence-corrected chi connectivity index (χ0v) is 75.7. The number of nitrogens with one attached hydrogen (secondary N) is 15. The number of hydrogen-bond donors (Lipinski definition) is 23. The van der Waals surface area contributed by atoms with E-state index in [1.807, 2.05) is 6.07 Å². The van der Waals surface area contributed by atoms with Gasteiger partial charge in [-0.2, -0.15) is 25.3 Å². The average Bonchev–Trinajstić information content (AvgIpc) is 1.77. The van der Waals surface area contributed by atoms with Crippen LogP contribution in [0.2, 0.25) is 0 Å². The van der Waals surface area contributed by atoms with Gasteiger partial charge in [0.2, 0.25) is 112 Å². The van der Waals surface area contributed by atoms with Crippen LogP contribution in [0.1, 0.15) is 157 Å². The van der Waals surface area contributed by atoms with Crippen molar-refractivity contribution in [2.45, 2.75) is 247 Å². The second-order valence-corrected chi connectivity index (χ2v) is 35.6. The van der Waals surface area contributed by atoms with Gasteiger partial charge in [-0.3, -0.25) is 91.1 Å². The molecule has 5 aromatic rings. The lowest BCUT2D eigenvalue weighted by molar-refractivity contribution is -0.139. The molecule has 0 saturated carbocycles. The number of carbonyl (C=O) groups is 19. The fraction of sp³-hybridized carbons (Fsp3) is 0.500. The zero-order valence-electron chi connectivity index (χ0n) is 74.0. The number of nitrogens with two attached hydrogens (primary N) is 5. The molecule has 41 nitrogen and oxygen atoms in total. The first-order valence-corrected chi connectivity index (χ1v) is 42.7. The van der Waals surface area contributed by atoms with Gasteiger partial charge in [0.05, 0.1) is 25.5 Å². The van der Waals surface area contributed by atoms with Crippen molar-refractivity contribution in [3.05, 3.63) is 114 Å². The van der Waals surface area contributed by atoms with Crippen molar-refractivity contribution in [3.8, 4) is 5.75 Å². The van der Waals surface area contributed by atoms with Crippen molar-refractivity contribution < 1.29 is 101 Å². The number of unbranched alkanes of at least 4 members (excludes halogenated alkanes) is 1. The van der Waals surface area contributed by atoms with Crippen LogP contribution in [0.15, 0.2) is 97.2 Å². The van der Waals surface area contributed by atoms with Crippen molar-refractivity contribution in [2.24, 2.45) is 34.6 Å². The fourth-order valence-electron chi connectivity index (χ4n) is 13.8. The van der Waals surface area contributed by atoms with Gasteiger partial charge in [-0.1, -0.05) is 86.6 Å². The van der Waals surface area contributed by atoms with E-state index in [9.17, 15) is 67.4 Å². The zero-order chi connectivity index (χ0) is 96.5. The van der Waals surface area contributed by atoms with Crippen LogP contribution in [0.4, 0.5) is 0 Å². The number of carbonyl (C=O) groups excluding carboxylic acids is 19. The molecule has 0 aliphatic rings. The summed E-state index contributed by atoms with van der Waals surface area (Å²) in [5, 5.41) is 49.1. The van der Waals surface area contributed by atoms with Gasteiger partial charge in [0.1, 0.15) is 84.4 Å². The quantitative estimate of drug-likeness (QED) is 0.0136. The fourth-order valence-corrected chi connectivity index (χ4v) is 14.2. The van der Waals surface area contributed by atoms with Gasteiger partial charge in [0.15, 0.2) is 0 Å². The van der Waals surface area contributed by atoms with E-state index in [4.69, 9.17) is 46.0 Å². The summed E-state index contributed by atoms with van der Waals surface area (Å²) >= 11 is 9.20. The summed E-state index contributed by atoms with van der Waals surface area (Å²) < 4.78 is 2.95. The van der Waals surface area contributed by atoms with Crippen molar-refractivity contribution in [1.82, 2.24) is 79.4 Å². The topological polar surface area (TPSA) is 668 Å². The van der Waals surface area contributed by atoms with E-state index in [0.29, 0.717) is 38.7 Å². The normalized spacial score (nSPS) is 14.7. The molecule has 19 amide bonds. The standard InChI is InChI=1S/C86H122N20O21S2/c1-44(2)42-86(11,83(126)103-57(22-16-17-33-92-46(4)108)73(116)100-64(41-68(90)114)78(121)98-60(72(91)115)40-67(89)113)106-79(122)62(38-50-23-26-51-18-12-13-19-52(51)36-50)99-76(119)61(37-49-24-27-54(28-25-49)127-35-34-93-47(5)109)102-82(125)71(85(9,10)129)105-75(118)59(30-32-66(88)112)96-77(120)63(39-53-43-94-56-21-15-14-20-55(53)56)101-80(123)69(45(3)107)104-74(117)58(29-31-65(87)111)97-81(124)70(84(7,8)128)95-48(6)110/h12-15,18-21,23-28,36,43-45,57-64,69-71,94,107,128-129H,16-17,22,29-35,37-42H2,1-11H3,(H2,87,111)(H2,88,112)(H2,89,113)(H2,90,114)(H2,91,115)(H,92,108)(H,93,109)(H,95,110)(H,96,120)(H,97,124)(H,98,121)(H,99,119)(H,100,116)(H,101,123)(H,102,125)(H,103,126)(H,104,117)(H,105,118)(H,106,122)/t45-,57+,58+,59+,60+,61+,62+,63+,64+,69+,70-,71-,86+/m1/s1. The summed E-state index contributed by atoms with van der Waals surface area (Å²) in [4.78, 5) is 264. The van der Waals surface area contributed by atoms with Gasteiger partial charge in [0, 0.05) is 86.0 Å². The Bertz CT molecular complexity index is 4880. The number of benzene rings is 4. The Labute approximate surface area is 756 Å². The minimum absolute atomic E-state index is 0.0413. The molecule has 1 heterocycles. The van der Waals surface area contributed by atoms with Crippen LogP contribution < -0.4 is 108 Å². The van der Waals surface area contributed by atoms with Crippen LogP contribution in [0.25, 0.3) is 21.7 Å². The molecule has 0 bridgehead atoms. The van der Waals surface area contributed by atoms with E-state index in [0.717, 1.165) is 19.2 Å². The first-order chi connectivity index (χ1) is 60.3. The predicted octanol–water partition coefficient (Wildman–Crippen LogP) is -2.99. The number of primary amides is 5. The highest BCUT2D eigenvalue weighted by Gasteiger charge is 2.44. The Morgan fingerprint density at radius 3 is 1.43 bits per heavy atom. The van der Waals surface area contributed by atoms with Crippen molar-refractivity contribution in [1.29, 1.82) is 0 Å². The summed E-state index contributed by atoms with van der Waals surface area (Å²) in [7, 11) is 0. The van der Waals surface area contributed by atoms with Gasteiger partial charge < -0.3 is 118 Å². The lowest BCUT2D eigenvalue weighted by Crippen LogP contribution is -2.65. The van der Waals surface area contributed by atoms with E-state index in [-0.39, 0.29) is 70.0 Å². The maximum absolute atomic E-state index is 15.7. The summed E-state index contributed by atoms with van der Waals surface area (Å²) in [6.07, 6.45) is -5.15. The second kappa shape index (κ2) is 50.0. The highest BCUT2D eigenvalue weighted by atomic mass is 32.1. The van der Waals surface area contributed by atoms with Gasteiger partial charge >= 0.3 is 0 Å². The second-order valence-electron chi connectivity index (χ2n) is 33.3. The number of ether oxygens (including phenoxy) is 1. The molecule has 0 spiro atoms. The van der Waals surface area contributed by atoms with Crippen LogP contribution >= 0.6 is 25.3 Å². The van der Waals surface area contributed by atoms with E-state index in [1.165, 1.54) is 66.8 Å². The number of thiol groups is 2. The lowest BCUT2D eigenvalue weighted by atomic mass is 9.88. The van der Waals surface area contributed by atoms with Crippen LogP contribution in [0.3, 0.4) is 0 Å². The molecule has 26 N–H and O–H groups in total. The highest BCUT2D eigenvalue weighted by molar-refractivity contribution is 7.82. The predicted molar refractivity (Wildman–Crippen MR) is 481 cm³/mol. The molecule has 1 aromatic heterocycles. The van der Waals surface area contributed by atoms with Gasteiger partial charge in [-0.05, 0) is 132 Å². The molecular weight excluding hydrogens is 1710 g/mol. The Kier molecular flexibility index (Phi) is 41.3. The molecule has 0 aliphatic carbocycles. The maximum atomic E-state index is 15.7. The van der Waals surface area contributed by atoms with Crippen LogP contribution in [-0.4, -0.2) is 230 Å². The number of rotatable bonds is 54. The molecular formula is C86H122N20O21S2. The third kappa shape index (κ3) is 36.0. The number of aromatic nitrogens is 1. The number of aliphatic hydroxyl groups excluding tert-OH is 1. The number of fused-ring (bicyclic) bond motifs is 2. The number of H-pyrrole nitrogens is 1. The third-order valence-corrected chi connectivity index (χ3v) is 20.9. The molecule has 129 heavy (non-hydrogen) atoms. The highest BCUT2D eigenvalue weighted by Crippen LogP contribution is 2.26. The maximum Gasteiger partial charge on any atom is 0.246 e. The van der Waals surface area contributed by atoms with Crippen molar-refractivity contribution >= 4 is 159 Å². The van der Waals surface area contributed by atoms with Gasteiger partial charge in [-0.15, -0.1) is 0 Å². The van der Waals surface area contributed by atoms with E-state index < -0.39 is 239 Å². The van der Waals surface area contributed by atoms with E-state index >= 15 is 28.8 Å². The number of amides is 19. The number of para-hydroxylation sites is 1. The molecule has 5 rings (SSSR count). The number of hydrogen-bond acceptors (Lipinski definition) is 23. The smallest absolute Gasteiger partial charge is 0.246 e. The first kappa shape index (κ1) is 107. The molecule has 704 valence electrons. The van der Waals surface area contributed by atoms with Crippen molar-refractivity contribution in [3.63, 3.8) is 0 Å². The van der Waals surface area contributed by atoms with Gasteiger partial charge in [-0.25, -0.2) is 0 Å². The molecule has 0 fully saturated rings.